The average molecular weight is 269 g/mol. The molecule has 3 heteroatoms. The molecule has 0 aliphatic heterocycles. The third-order valence-corrected chi connectivity index (χ3v) is 3.99. The zero-order chi connectivity index (χ0) is 14.3. The van der Waals surface area contributed by atoms with Crippen LogP contribution in [0.5, 0.6) is 0 Å². The van der Waals surface area contributed by atoms with E-state index >= 15 is 0 Å². The minimum absolute atomic E-state index is 0.00355. The van der Waals surface area contributed by atoms with Crippen LogP contribution in [0.1, 0.15) is 66.2 Å². The molecule has 112 valence electrons. The molecular weight excluding hydrogens is 238 g/mol. The van der Waals surface area contributed by atoms with Gasteiger partial charge in [0.2, 0.25) is 0 Å². The first-order valence-electron chi connectivity index (χ1n) is 7.95. The molecule has 3 unspecified atom stereocenters. The number of ether oxygens (including phenoxy) is 1. The Morgan fingerprint density at radius 2 is 2.00 bits per heavy atom. The lowest BCUT2D eigenvalue weighted by molar-refractivity contribution is -0.149. The first-order valence-corrected chi connectivity index (χ1v) is 7.95. The smallest absolute Gasteiger partial charge is 0.308 e. The second kappa shape index (κ2) is 8.57. The Balaban J connectivity index is 2.32. The molecule has 1 rings (SSSR count). The summed E-state index contributed by atoms with van der Waals surface area (Å²) in [4.78, 5) is 11.8. The van der Waals surface area contributed by atoms with Crippen molar-refractivity contribution in [2.24, 2.45) is 11.8 Å². The fraction of sp³-hybridized carbons (Fsp3) is 0.938. The molecule has 1 aliphatic carbocycles. The highest BCUT2D eigenvalue weighted by Crippen LogP contribution is 2.26. The second-order valence-electron chi connectivity index (χ2n) is 6.35. The van der Waals surface area contributed by atoms with Crippen LogP contribution >= 0.6 is 0 Å². The van der Waals surface area contributed by atoms with Gasteiger partial charge in [0.1, 0.15) is 0 Å². The molecule has 19 heavy (non-hydrogen) atoms. The normalized spacial score (nSPS) is 25.3. The fourth-order valence-corrected chi connectivity index (χ4v) is 2.88. The highest BCUT2D eigenvalue weighted by Gasteiger charge is 2.28. The Morgan fingerprint density at radius 3 is 2.63 bits per heavy atom. The van der Waals surface area contributed by atoms with E-state index in [-0.39, 0.29) is 11.9 Å². The molecule has 0 heterocycles. The summed E-state index contributed by atoms with van der Waals surface area (Å²) in [6, 6.07) is 1.04. The number of hydrogen-bond donors (Lipinski definition) is 1. The van der Waals surface area contributed by atoms with Crippen LogP contribution in [0.4, 0.5) is 0 Å². The van der Waals surface area contributed by atoms with Crippen molar-refractivity contribution in [1.29, 1.82) is 0 Å². The molecule has 0 spiro atoms. The summed E-state index contributed by atoms with van der Waals surface area (Å²) in [5.74, 6) is 0.884. The minimum atomic E-state index is 0.00355. The van der Waals surface area contributed by atoms with Gasteiger partial charge in [0.05, 0.1) is 12.5 Å². The maximum Gasteiger partial charge on any atom is 0.308 e. The molecule has 3 atom stereocenters. The summed E-state index contributed by atoms with van der Waals surface area (Å²) < 4.78 is 5.15. The molecule has 1 fully saturated rings. The summed E-state index contributed by atoms with van der Waals surface area (Å²) in [5.41, 5.74) is 0. The second-order valence-corrected chi connectivity index (χ2v) is 6.35. The van der Waals surface area contributed by atoms with Crippen LogP contribution in [-0.2, 0) is 9.53 Å². The average Bonchev–Trinajstić information content (AvgIpc) is 2.37. The lowest BCUT2D eigenvalue weighted by Gasteiger charge is -2.31. The Labute approximate surface area is 118 Å². The standard InChI is InChI=1S/C16H31NO2/c1-5-19-16(18)14-7-6-8-15(11-14)17-13(4)10-9-12(2)3/h12-15,17H,5-11H2,1-4H3. The predicted molar refractivity (Wildman–Crippen MR) is 79.0 cm³/mol. The minimum Gasteiger partial charge on any atom is -0.466 e. The van der Waals surface area contributed by atoms with E-state index in [0.717, 1.165) is 25.2 Å². The first kappa shape index (κ1) is 16.5. The summed E-state index contributed by atoms with van der Waals surface area (Å²) >= 11 is 0. The van der Waals surface area contributed by atoms with Crippen molar-refractivity contribution in [2.75, 3.05) is 6.61 Å². The van der Waals surface area contributed by atoms with E-state index in [2.05, 4.69) is 26.1 Å². The number of esters is 1. The van der Waals surface area contributed by atoms with E-state index < -0.39 is 0 Å². The van der Waals surface area contributed by atoms with E-state index in [1.807, 2.05) is 6.92 Å². The highest BCUT2D eigenvalue weighted by molar-refractivity contribution is 5.72. The number of carbonyl (C=O) groups is 1. The van der Waals surface area contributed by atoms with Gasteiger partial charge in [-0.25, -0.2) is 0 Å². The molecule has 0 aromatic carbocycles. The zero-order valence-corrected chi connectivity index (χ0v) is 13.1. The lowest BCUT2D eigenvalue weighted by atomic mass is 9.85. The van der Waals surface area contributed by atoms with Crippen LogP contribution < -0.4 is 5.32 Å². The lowest BCUT2D eigenvalue weighted by Crippen LogP contribution is -2.41. The first-order chi connectivity index (χ1) is 9.02. The topological polar surface area (TPSA) is 38.3 Å². The predicted octanol–water partition coefficient (Wildman–Crippen LogP) is 3.52. The SMILES string of the molecule is CCOC(=O)C1CCCC(NC(C)CCC(C)C)C1. The number of rotatable bonds is 7. The van der Waals surface area contributed by atoms with Crippen LogP contribution in [0.25, 0.3) is 0 Å². The number of carbonyl (C=O) groups excluding carboxylic acids is 1. The molecule has 1 N–H and O–H groups in total. The van der Waals surface area contributed by atoms with Crippen molar-refractivity contribution in [1.82, 2.24) is 5.32 Å². The van der Waals surface area contributed by atoms with Crippen LogP contribution in [0.2, 0.25) is 0 Å². The fourth-order valence-electron chi connectivity index (χ4n) is 2.88. The quantitative estimate of drug-likeness (QED) is 0.719. The molecule has 3 nitrogen and oxygen atoms in total. The third-order valence-electron chi connectivity index (χ3n) is 3.99. The maximum atomic E-state index is 11.8. The molecule has 0 aromatic heterocycles. The monoisotopic (exact) mass is 269 g/mol. The van der Waals surface area contributed by atoms with Gasteiger partial charge in [-0.1, -0.05) is 20.3 Å². The Hall–Kier alpha value is -0.570. The van der Waals surface area contributed by atoms with E-state index in [1.54, 1.807) is 0 Å². The van der Waals surface area contributed by atoms with Gasteiger partial charge in [0.25, 0.3) is 0 Å². The molecule has 1 saturated carbocycles. The van der Waals surface area contributed by atoms with E-state index in [4.69, 9.17) is 4.74 Å². The summed E-state index contributed by atoms with van der Waals surface area (Å²) in [5, 5.41) is 3.69. The Kier molecular flexibility index (Phi) is 7.44. The Bertz CT molecular complexity index is 265. The van der Waals surface area contributed by atoms with Gasteiger partial charge in [-0.05, 0) is 51.9 Å². The maximum absolute atomic E-state index is 11.8. The summed E-state index contributed by atoms with van der Waals surface area (Å²) in [6.45, 7) is 9.17. The molecule has 0 saturated heterocycles. The zero-order valence-electron chi connectivity index (χ0n) is 13.1. The van der Waals surface area contributed by atoms with Gasteiger partial charge in [0.15, 0.2) is 0 Å². The molecule has 0 bridgehead atoms. The number of nitrogens with one attached hydrogen (secondary N) is 1. The van der Waals surface area contributed by atoms with Crippen molar-refractivity contribution in [3.63, 3.8) is 0 Å². The Morgan fingerprint density at radius 1 is 1.26 bits per heavy atom. The van der Waals surface area contributed by atoms with Crippen LogP contribution in [0.15, 0.2) is 0 Å². The van der Waals surface area contributed by atoms with Gasteiger partial charge < -0.3 is 10.1 Å². The highest BCUT2D eigenvalue weighted by atomic mass is 16.5. The van der Waals surface area contributed by atoms with Crippen LogP contribution in [0.3, 0.4) is 0 Å². The van der Waals surface area contributed by atoms with Gasteiger partial charge in [0, 0.05) is 12.1 Å². The number of hydrogen-bond acceptors (Lipinski definition) is 3. The van der Waals surface area contributed by atoms with Gasteiger partial charge >= 0.3 is 5.97 Å². The molecule has 0 radical (unpaired) electrons. The largest absolute Gasteiger partial charge is 0.466 e. The van der Waals surface area contributed by atoms with Gasteiger partial charge in [-0.2, -0.15) is 0 Å². The summed E-state index contributed by atoms with van der Waals surface area (Å²) in [7, 11) is 0. The summed E-state index contributed by atoms with van der Waals surface area (Å²) in [6.07, 6.45) is 6.77. The third kappa shape index (κ3) is 6.42. The van der Waals surface area contributed by atoms with Crippen molar-refractivity contribution in [3.05, 3.63) is 0 Å². The van der Waals surface area contributed by atoms with E-state index in [0.29, 0.717) is 18.7 Å². The molecular formula is C16H31NO2. The van der Waals surface area contributed by atoms with Crippen LogP contribution in [0, 0.1) is 11.8 Å². The van der Waals surface area contributed by atoms with Crippen molar-refractivity contribution < 1.29 is 9.53 Å². The molecule has 0 amide bonds. The van der Waals surface area contributed by atoms with Crippen molar-refractivity contribution >= 4 is 5.97 Å². The van der Waals surface area contributed by atoms with Gasteiger partial charge in [-0.15, -0.1) is 0 Å². The van der Waals surface area contributed by atoms with Gasteiger partial charge in [-0.3, -0.25) is 4.79 Å². The molecule has 0 aromatic rings. The van der Waals surface area contributed by atoms with E-state index in [1.165, 1.54) is 19.3 Å². The van der Waals surface area contributed by atoms with Crippen LogP contribution in [-0.4, -0.2) is 24.7 Å². The van der Waals surface area contributed by atoms with E-state index in [9.17, 15) is 4.79 Å². The van der Waals surface area contributed by atoms with Crippen molar-refractivity contribution in [2.45, 2.75) is 78.3 Å². The van der Waals surface area contributed by atoms with Crippen molar-refractivity contribution in [3.8, 4) is 0 Å². The molecule has 1 aliphatic rings.